The second-order valence-electron chi connectivity index (χ2n) is 6.38. The summed E-state index contributed by atoms with van der Waals surface area (Å²) in [6.07, 6.45) is 4.07. The summed E-state index contributed by atoms with van der Waals surface area (Å²) in [6.45, 7) is 8.25. The highest BCUT2D eigenvalue weighted by molar-refractivity contribution is 9.10. The largest absolute Gasteiger partial charge is 0.331 e. The van der Waals surface area contributed by atoms with Gasteiger partial charge in [-0.25, -0.2) is 4.79 Å². The van der Waals surface area contributed by atoms with Crippen LogP contribution in [0.15, 0.2) is 47.2 Å². The number of hydrogen-bond donors (Lipinski definition) is 2. The maximum atomic E-state index is 12.5. The van der Waals surface area contributed by atoms with Gasteiger partial charge in [0.1, 0.15) is 5.00 Å². The summed E-state index contributed by atoms with van der Waals surface area (Å²) in [4.78, 5) is 13.7. The smallest absolute Gasteiger partial charge is 0.319 e. The normalized spacial score (nSPS) is 12.0. The Morgan fingerprint density at radius 1 is 1.19 bits per heavy atom. The molecule has 1 atom stereocenters. The molecular formula is C20H22BrN3OS. The number of aromatic nitrogens is 1. The van der Waals surface area contributed by atoms with E-state index in [9.17, 15) is 4.79 Å². The van der Waals surface area contributed by atoms with Gasteiger partial charge in [0, 0.05) is 33.0 Å². The van der Waals surface area contributed by atoms with Crippen molar-refractivity contribution in [2.24, 2.45) is 0 Å². The van der Waals surface area contributed by atoms with Crippen molar-refractivity contribution in [3.8, 4) is 5.00 Å². The highest BCUT2D eigenvalue weighted by Crippen LogP contribution is 2.35. The Balaban J connectivity index is 1.78. The minimum atomic E-state index is -0.207. The van der Waals surface area contributed by atoms with Crippen molar-refractivity contribution in [3.63, 3.8) is 0 Å². The first-order valence-electron chi connectivity index (χ1n) is 8.43. The molecule has 2 amide bonds. The van der Waals surface area contributed by atoms with E-state index in [1.807, 2.05) is 56.6 Å². The second kappa shape index (κ2) is 7.68. The Hall–Kier alpha value is -2.05. The zero-order valence-electron chi connectivity index (χ0n) is 15.3. The summed E-state index contributed by atoms with van der Waals surface area (Å²) in [7, 11) is 0. The van der Waals surface area contributed by atoms with E-state index in [-0.39, 0.29) is 12.1 Å². The van der Waals surface area contributed by atoms with Crippen molar-refractivity contribution < 1.29 is 4.79 Å². The molecule has 0 radical (unpaired) electrons. The Labute approximate surface area is 166 Å². The maximum Gasteiger partial charge on any atom is 0.319 e. The van der Waals surface area contributed by atoms with Gasteiger partial charge in [-0.1, -0.05) is 15.9 Å². The molecule has 26 heavy (non-hydrogen) atoms. The fourth-order valence-electron chi connectivity index (χ4n) is 2.96. The van der Waals surface area contributed by atoms with Crippen molar-refractivity contribution in [2.75, 3.05) is 5.32 Å². The molecule has 2 aromatic heterocycles. The SMILES string of the molecule is Cc1cc(NC(=O)N[C@@H](C)c2c(-n3cccc3)sc(C)c2C)ccc1Br. The summed E-state index contributed by atoms with van der Waals surface area (Å²) in [5.74, 6) is 0. The predicted molar refractivity (Wildman–Crippen MR) is 113 cm³/mol. The topological polar surface area (TPSA) is 46.1 Å². The van der Waals surface area contributed by atoms with Gasteiger partial charge in [0.2, 0.25) is 0 Å². The molecule has 1 aromatic carbocycles. The van der Waals surface area contributed by atoms with Gasteiger partial charge in [0.15, 0.2) is 0 Å². The van der Waals surface area contributed by atoms with Gasteiger partial charge in [-0.05, 0) is 69.2 Å². The minimum absolute atomic E-state index is 0.103. The quantitative estimate of drug-likeness (QED) is 0.514. The number of thiophene rings is 1. The average Bonchev–Trinajstić information content (AvgIpc) is 3.20. The van der Waals surface area contributed by atoms with Crippen LogP contribution in [0, 0.1) is 20.8 Å². The van der Waals surface area contributed by atoms with Gasteiger partial charge < -0.3 is 15.2 Å². The standard InChI is InChI=1S/C20H22BrN3OS/c1-12-11-16(7-8-17(12)21)23-20(25)22-14(3)18-13(2)15(4)26-19(18)24-9-5-6-10-24/h5-11,14H,1-4H3,(H2,22,23,25)/t14-/m0/s1. The van der Waals surface area contributed by atoms with Crippen LogP contribution in [0.25, 0.3) is 5.00 Å². The molecule has 0 fully saturated rings. The number of aryl methyl sites for hydroxylation is 2. The molecule has 136 valence electrons. The molecule has 0 aliphatic rings. The minimum Gasteiger partial charge on any atom is -0.331 e. The summed E-state index contributed by atoms with van der Waals surface area (Å²) in [6, 6.07) is 9.47. The van der Waals surface area contributed by atoms with Crippen molar-refractivity contribution in [1.29, 1.82) is 0 Å². The van der Waals surface area contributed by atoms with Gasteiger partial charge in [0.05, 0.1) is 6.04 Å². The molecule has 0 bridgehead atoms. The average molecular weight is 432 g/mol. The van der Waals surface area contributed by atoms with E-state index in [1.165, 1.54) is 10.4 Å². The van der Waals surface area contributed by atoms with Crippen LogP contribution in [0.5, 0.6) is 0 Å². The van der Waals surface area contributed by atoms with Crippen LogP contribution in [-0.4, -0.2) is 10.6 Å². The van der Waals surface area contributed by atoms with Crippen LogP contribution in [-0.2, 0) is 0 Å². The van der Waals surface area contributed by atoms with E-state index < -0.39 is 0 Å². The van der Waals surface area contributed by atoms with Gasteiger partial charge in [-0.15, -0.1) is 11.3 Å². The molecule has 0 aliphatic heterocycles. The van der Waals surface area contributed by atoms with E-state index >= 15 is 0 Å². The molecule has 4 nitrogen and oxygen atoms in total. The van der Waals surface area contributed by atoms with Gasteiger partial charge >= 0.3 is 6.03 Å². The molecule has 2 N–H and O–H groups in total. The highest BCUT2D eigenvalue weighted by atomic mass is 79.9. The number of nitrogens with one attached hydrogen (secondary N) is 2. The number of rotatable bonds is 4. The molecule has 3 aromatic rings. The van der Waals surface area contributed by atoms with E-state index in [0.717, 1.165) is 26.3 Å². The van der Waals surface area contributed by atoms with Crippen LogP contribution in [0.4, 0.5) is 10.5 Å². The predicted octanol–water partition coefficient (Wildman–Crippen LogP) is 6.11. The van der Waals surface area contributed by atoms with Gasteiger partial charge in [-0.3, -0.25) is 0 Å². The van der Waals surface area contributed by atoms with Crippen molar-refractivity contribution in [1.82, 2.24) is 9.88 Å². The summed E-state index contributed by atoms with van der Waals surface area (Å²) >= 11 is 5.22. The van der Waals surface area contributed by atoms with E-state index in [0.29, 0.717) is 0 Å². The lowest BCUT2D eigenvalue weighted by Gasteiger charge is -2.18. The van der Waals surface area contributed by atoms with E-state index in [2.05, 4.69) is 45.0 Å². The number of halogens is 1. The number of urea groups is 1. The fourth-order valence-corrected chi connectivity index (χ4v) is 4.42. The molecule has 3 rings (SSSR count). The fraction of sp³-hybridized carbons (Fsp3) is 0.250. The molecule has 0 saturated heterocycles. The van der Waals surface area contributed by atoms with Crippen LogP contribution in [0.1, 0.15) is 34.5 Å². The Bertz CT molecular complexity index is 931. The Morgan fingerprint density at radius 2 is 1.88 bits per heavy atom. The van der Waals surface area contributed by atoms with Crippen molar-refractivity contribution in [3.05, 3.63) is 68.8 Å². The monoisotopic (exact) mass is 431 g/mol. The third kappa shape index (κ3) is 3.86. The zero-order valence-corrected chi connectivity index (χ0v) is 17.7. The number of nitrogens with zero attached hydrogens (tertiary/aromatic N) is 1. The first kappa shape index (κ1) is 18.7. The molecule has 0 unspecified atom stereocenters. The number of amides is 2. The third-order valence-electron chi connectivity index (χ3n) is 4.45. The Morgan fingerprint density at radius 3 is 2.54 bits per heavy atom. The van der Waals surface area contributed by atoms with Crippen LogP contribution < -0.4 is 10.6 Å². The number of carbonyl (C=O) groups is 1. The number of benzene rings is 1. The molecule has 0 aliphatic carbocycles. The Kier molecular flexibility index (Phi) is 5.53. The van der Waals surface area contributed by atoms with Crippen molar-refractivity contribution >= 4 is 39.0 Å². The maximum absolute atomic E-state index is 12.5. The highest BCUT2D eigenvalue weighted by Gasteiger charge is 2.20. The van der Waals surface area contributed by atoms with Gasteiger partial charge in [-0.2, -0.15) is 0 Å². The number of hydrogen-bond acceptors (Lipinski definition) is 2. The lowest BCUT2D eigenvalue weighted by molar-refractivity contribution is 0.249. The second-order valence-corrected chi connectivity index (χ2v) is 8.43. The van der Waals surface area contributed by atoms with Crippen LogP contribution in [0.2, 0.25) is 0 Å². The third-order valence-corrected chi connectivity index (χ3v) is 6.57. The van der Waals surface area contributed by atoms with Crippen LogP contribution in [0.3, 0.4) is 0 Å². The van der Waals surface area contributed by atoms with Crippen molar-refractivity contribution in [2.45, 2.75) is 33.7 Å². The van der Waals surface area contributed by atoms with Gasteiger partial charge in [0.25, 0.3) is 0 Å². The number of anilines is 1. The summed E-state index contributed by atoms with van der Waals surface area (Å²) < 4.78 is 3.13. The molecule has 6 heteroatoms. The molecular weight excluding hydrogens is 410 g/mol. The van der Waals surface area contributed by atoms with Crippen LogP contribution >= 0.6 is 27.3 Å². The summed E-state index contributed by atoms with van der Waals surface area (Å²) in [5, 5.41) is 7.13. The van der Waals surface area contributed by atoms with E-state index in [4.69, 9.17) is 0 Å². The first-order valence-corrected chi connectivity index (χ1v) is 10.0. The zero-order chi connectivity index (χ0) is 18.8. The summed E-state index contributed by atoms with van der Waals surface area (Å²) in [5.41, 5.74) is 4.24. The number of carbonyl (C=O) groups excluding carboxylic acids is 1. The molecule has 0 saturated carbocycles. The molecule has 0 spiro atoms. The lowest BCUT2D eigenvalue weighted by atomic mass is 10.1. The lowest BCUT2D eigenvalue weighted by Crippen LogP contribution is -2.31. The first-order chi connectivity index (χ1) is 12.4. The van der Waals surface area contributed by atoms with E-state index in [1.54, 1.807) is 11.3 Å². The molecule has 2 heterocycles.